The van der Waals surface area contributed by atoms with Crippen LogP contribution in [0.5, 0.6) is 5.75 Å². The van der Waals surface area contributed by atoms with Crippen LogP contribution in [0, 0.1) is 11.2 Å². The number of amides is 3. The highest BCUT2D eigenvalue weighted by molar-refractivity contribution is 6.40. The van der Waals surface area contributed by atoms with Crippen LogP contribution in [0.1, 0.15) is 19.4 Å². The van der Waals surface area contributed by atoms with Gasteiger partial charge in [-0.15, -0.1) is 0 Å². The van der Waals surface area contributed by atoms with E-state index in [1.165, 1.54) is 24.3 Å². The lowest BCUT2D eigenvalue weighted by atomic mass is 9.92. The van der Waals surface area contributed by atoms with Crippen molar-refractivity contribution < 1.29 is 28.2 Å². The van der Waals surface area contributed by atoms with Gasteiger partial charge in [0.05, 0.1) is 28.3 Å². The monoisotopic (exact) mass is 669 g/mol. The third-order valence-electron chi connectivity index (χ3n) is 8.11. The maximum atomic E-state index is 15.5. The van der Waals surface area contributed by atoms with Gasteiger partial charge >= 0.3 is 0 Å². The Bertz CT molecular complexity index is 1760. The second-order valence-corrected chi connectivity index (χ2v) is 12.6. The molecule has 46 heavy (non-hydrogen) atoms. The average molecular weight is 671 g/mol. The second-order valence-electron chi connectivity index (χ2n) is 11.8. The van der Waals surface area contributed by atoms with Gasteiger partial charge in [0.15, 0.2) is 12.5 Å². The van der Waals surface area contributed by atoms with Gasteiger partial charge in [0.1, 0.15) is 17.1 Å². The predicted octanol–water partition coefficient (Wildman–Crippen LogP) is 4.98. The van der Waals surface area contributed by atoms with E-state index in [1.807, 2.05) is 0 Å². The summed E-state index contributed by atoms with van der Waals surface area (Å²) in [6.07, 6.45) is 0.741. The van der Waals surface area contributed by atoms with E-state index in [0.29, 0.717) is 33.0 Å². The summed E-state index contributed by atoms with van der Waals surface area (Å²) < 4.78 is 26.5. The van der Waals surface area contributed by atoms with Crippen molar-refractivity contribution in [2.75, 3.05) is 33.1 Å². The number of primary amides is 1. The predicted molar refractivity (Wildman–Crippen MR) is 174 cm³/mol. The Labute approximate surface area is 276 Å². The van der Waals surface area contributed by atoms with Crippen molar-refractivity contribution in [1.82, 2.24) is 15.1 Å². The summed E-state index contributed by atoms with van der Waals surface area (Å²) in [6.45, 7) is 3.77. The fraction of sp³-hybridized carbons (Fsp3) is 0.303. The number of hydrogen-bond donors (Lipinski definition) is 3. The Morgan fingerprint density at radius 2 is 1.70 bits per heavy atom. The van der Waals surface area contributed by atoms with Gasteiger partial charge in [-0.25, -0.2) is 4.39 Å². The summed E-state index contributed by atoms with van der Waals surface area (Å²) in [5.41, 5.74) is 7.19. The highest BCUT2D eigenvalue weighted by Gasteiger charge is 2.50. The van der Waals surface area contributed by atoms with E-state index in [0.717, 1.165) is 0 Å². The number of benzene rings is 3. The number of carbonyl (C=O) groups is 3. The normalized spacial score (nSPS) is 17.7. The maximum Gasteiger partial charge on any atom is 0.262 e. The van der Waals surface area contributed by atoms with Crippen molar-refractivity contribution in [3.05, 3.63) is 81.7 Å². The minimum absolute atomic E-state index is 0.0616. The molecule has 0 bridgehead atoms. The van der Waals surface area contributed by atoms with Gasteiger partial charge in [0.25, 0.3) is 11.8 Å². The molecular weight excluding hydrogens is 636 g/mol. The first-order valence-electron chi connectivity index (χ1n) is 14.4. The molecule has 5 rings (SSSR count). The maximum absolute atomic E-state index is 15.5. The van der Waals surface area contributed by atoms with Gasteiger partial charge in [-0.05, 0) is 37.6 Å². The highest BCUT2D eigenvalue weighted by atomic mass is 35.5. The summed E-state index contributed by atoms with van der Waals surface area (Å²) in [6, 6.07) is 13.4. The van der Waals surface area contributed by atoms with Crippen LogP contribution in [0.2, 0.25) is 10.0 Å². The first-order chi connectivity index (χ1) is 21.7. The van der Waals surface area contributed by atoms with Crippen LogP contribution in [0.4, 0.5) is 10.1 Å². The highest BCUT2D eigenvalue weighted by Crippen LogP contribution is 2.43. The molecule has 0 aliphatic carbocycles. The lowest BCUT2D eigenvalue weighted by molar-refractivity contribution is -0.130. The van der Waals surface area contributed by atoms with E-state index in [4.69, 9.17) is 38.4 Å². The van der Waals surface area contributed by atoms with Gasteiger partial charge in [-0.1, -0.05) is 53.5 Å². The largest absolute Gasteiger partial charge is 0.496 e. The van der Waals surface area contributed by atoms with Gasteiger partial charge in [0, 0.05) is 55.6 Å². The molecule has 3 amide bonds. The van der Waals surface area contributed by atoms with Crippen LogP contribution in [0.3, 0.4) is 0 Å². The van der Waals surface area contributed by atoms with Crippen molar-refractivity contribution in [3.8, 4) is 28.0 Å². The number of ether oxygens (including phenoxy) is 2. The van der Waals surface area contributed by atoms with Crippen LogP contribution in [0.15, 0.2) is 60.3 Å². The quantitative estimate of drug-likeness (QED) is 0.205. The molecule has 2 aliphatic heterocycles. The summed E-state index contributed by atoms with van der Waals surface area (Å²) in [7, 11) is 4.75. The van der Waals surface area contributed by atoms with Crippen LogP contribution >= 0.6 is 23.2 Å². The lowest BCUT2D eigenvalue weighted by Gasteiger charge is -2.21. The van der Waals surface area contributed by atoms with Gasteiger partial charge in [-0.3, -0.25) is 14.4 Å². The molecule has 2 atom stereocenters. The Morgan fingerprint density at radius 3 is 2.37 bits per heavy atom. The van der Waals surface area contributed by atoms with Crippen molar-refractivity contribution in [2.45, 2.75) is 32.8 Å². The summed E-state index contributed by atoms with van der Waals surface area (Å²) in [5.74, 6) is -1.79. The van der Waals surface area contributed by atoms with E-state index < -0.39 is 35.2 Å². The van der Waals surface area contributed by atoms with Crippen molar-refractivity contribution in [2.24, 2.45) is 11.1 Å². The molecule has 1 saturated heterocycles. The molecule has 0 saturated carbocycles. The van der Waals surface area contributed by atoms with Crippen LogP contribution in [-0.4, -0.2) is 67.7 Å². The number of nitrogens with zero attached hydrogens (tertiary/aromatic N) is 2. The number of fused-ring (bicyclic) bond motifs is 1. The zero-order valence-electron chi connectivity index (χ0n) is 25.9. The molecular formula is C33H34Cl2FN5O5. The zero-order chi connectivity index (χ0) is 33.5. The lowest BCUT2D eigenvalue weighted by Crippen LogP contribution is -2.40. The molecule has 3 aromatic rings. The summed E-state index contributed by atoms with van der Waals surface area (Å²) in [5, 5.41) is 6.33. The molecule has 2 heterocycles. The van der Waals surface area contributed by atoms with Crippen LogP contribution in [0.25, 0.3) is 22.3 Å². The minimum atomic E-state index is -0.813. The first kappa shape index (κ1) is 33.2. The zero-order valence-corrected chi connectivity index (χ0v) is 27.4. The minimum Gasteiger partial charge on any atom is -0.496 e. The molecule has 4 N–H and O–H groups in total. The number of likely N-dealkylation sites (N-methyl/N-ethyl adjacent to an activating group) is 2. The number of anilines is 1. The van der Waals surface area contributed by atoms with Crippen molar-refractivity contribution in [3.63, 3.8) is 0 Å². The van der Waals surface area contributed by atoms with E-state index in [2.05, 4.69) is 10.6 Å². The number of halogens is 3. The Kier molecular flexibility index (Phi) is 9.33. The fourth-order valence-corrected chi connectivity index (χ4v) is 5.78. The number of carbonyl (C=O) groups excluding carboxylic acids is 3. The van der Waals surface area contributed by atoms with Gasteiger partial charge in [-0.2, -0.15) is 0 Å². The Hall–Kier alpha value is -4.16. The Morgan fingerprint density at radius 1 is 1.04 bits per heavy atom. The van der Waals surface area contributed by atoms with Gasteiger partial charge in [0.2, 0.25) is 5.91 Å². The summed E-state index contributed by atoms with van der Waals surface area (Å²) >= 11 is 13.7. The van der Waals surface area contributed by atoms with E-state index in [1.54, 1.807) is 75.3 Å². The molecule has 0 radical (unpaired) electrons. The third-order valence-corrected chi connectivity index (χ3v) is 8.93. The molecule has 10 nitrogen and oxygen atoms in total. The molecule has 242 valence electrons. The average Bonchev–Trinajstić information content (AvgIpc) is 3.82. The molecule has 1 fully saturated rings. The molecule has 3 aromatic carbocycles. The topological polar surface area (TPSA) is 130 Å². The number of methoxy groups -OCH3 is 1. The molecule has 0 aromatic heterocycles. The van der Waals surface area contributed by atoms with Crippen LogP contribution < -0.4 is 21.1 Å². The number of rotatable bonds is 10. The number of nitrogens with one attached hydrogen (secondary N) is 2. The first-order valence-corrected chi connectivity index (χ1v) is 15.1. The summed E-state index contributed by atoms with van der Waals surface area (Å²) in [4.78, 5) is 40.9. The van der Waals surface area contributed by atoms with E-state index in [-0.39, 0.29) is 41.2 Å². The smallest absolute Gasteiger partial charge is 0.262 e. The van der Waals surface area contributed by atoms with Crippen LogP contribution in [-0.2, 0) is 25.7 Å². The molecule has 13 heteroatoms. The number of nitrogens with two attached hydrogens (primary N) is 1. The SMILES string of the molecule is COc1cc(-c2cccc(-c3cccc(NC(=O)C4=CN(C)C5OC5N(C)C4=O)c3Cl)c2Cl)cc(F)c1CNCC(C)(C)C(N)=O. The second kappa shape index (κ2) is 12.9. The van der Waals surface area contributed by atoms with E-state index >= 15 is 4.39 Å². The van der Waals surface area contributed by atoms with Crippen molar-refractivity contribution in [1.29, 1.82) is 0 Å². The van der Waals surface area contributed by atoms with Crippen molar-refractivity contribution >= 4 is 46.6 Å². The Balaban J connectivity index is 1.42. The van der Waals surface area contributed by atoms with E-state index in [9.17, 15) is 14.4 Å². The fourth-order valence-electron chi connectivity index (χ4n) is 5.17. The third kappa shape index (κ3) is 6.41. The standard InChI is InChI=1S/C33H34Cl2FN5O5/c1-33(2,32(37)44)16-38-14-21-23(36)12-17(13-25(21)45-5)18-8-6-9-19(26(18)34)20-10-7-11-24(27(20)35)39-28(42)22-15-40(3)30-31(46-30)41(4)29(22)43/h6-13,15,30-31,38H,14,16H2,1-5H3,(H2,37,44)(H,39,42). The number of hydrogen-bond acceptors (Lipinski definition) is 7. The molecule has 2 unspecified atom stereocenters. The molecule has 2 aliphatic rings. The van der Waals surface area contributed by atoms with Gasteiger partial charge < -0.3 is 35.6 Å². The number of epoxide rings is 1. The molecule has 0 spiro atoms.